The van der Waals surface area contributed by atoms with E-state index in [1.54, 1.807) is 0 Å². The van der Waals surface area contributed by atoms with Gasteiger partial charge in [0, 0.05) is 49.2 Å². The Kier molecular flexibility index (Phi) is 9.24. The highest BCUT2D eigenvalue weighted by Gasteiger charge is 2.38. The molecule has 1 aliphatic rings. The van der Waals surface area contributed by atoms with Crippen molar-refractivity contribution in [3.05, 3.63) is 95.8 Å². The van der Waals surface area contributed by atoms with Crippen molar-refractivity contribution in [3.8, 4) is 0 Å². The third kappa shape index (κ3) is 8.32. The number of nitrogens with one attached hydrogen (secondary N) is 1. The number of hydrogen-bond donors (Lipinski definition) is 2. The van der Waals surface area contributed by atoms with Crippen LogP contribution in [0.2, 0.25) is 0 Å². The summed E-state index contributed by atoms with van der Waals surface area (Å²) in [7, 11) is 0. The lowest BCUT2D eigenvalue weighted by Crippen LogP contribution is -2.51. The number of carboxylic acid groups (broad SMARTS) is 1. The number of carbonyl (C=O) groups excluding carboxylic acids is 1. The molecule has 196 valence electrons. The lowest BCUT2D eigenvalue weighted by Gasteiger charge is -2.41. The van der Waals surface area contributed by atoms with Gasteiger partial charge in [-0.25, -0.2) is 9.18 Å². The number of alkyl halides is 3. The number of hydrogen-bond acceptors (Lipinski definition) is 4. The molecule has 0 bridgehead atoms. The first-order chi connectivity index (χ1) is 17.5. The van der Waals surface area contributed by atoms with Crippen LogP contribution in [0.25, 0.3) is 0 Å². The molecule has 0 radical (unpaired) electrons. The van der Waals surface area contributed by atoms with E-state index in [2.05, 4.69) is 52.4 Å². The van der Waals surface area contributed by atoms with E-state index in [0.29, 0.717) is 11.6 Å². The maximum absolute atomic E-state index is 13.0. The number of piperazine rings is 1. The molecule has 1 amide bonds. The second-order valence-corrected chi connectivity index (χ2v) is 8.57. The van der Waals surface area contributed by atoms with Gasteiger partial charge < -0.3 is 15.3 Å². The number of aliphatic carboxylic acids is 1. The molecule has 3 aromatic carbocycles. The third-order valence-electron chi connectivity index (χ3n) is 5.77. The highest BCUT2D eigenvalue weighted by Crippen LogP contribution is 2.24. The Bertz CT molecular complexity index is 1170. The zero-order valence-electron chi connectivity index (χ0n) is 20.1. The molecule has 0 saturated carbocycles. The number of halogens is 4. The molecule has 1 fully saturated rings. The normalized spacial score (nSPS) is 15.9. The van der Waals surface area contributed by atoms with Gasteiger partial charge in [-0.3, -0.25) is 9.69 Å². The van der Waals surface area contributed by atoms with E-state index in [1.807, 2.05) is 24.3 Å². The average molecular weight is 518 g/mol. The number of carboxylic acids is 1. The summed E-state index contributed by atoms with van der Waals surface area (Å²) in [6.07, 6.45) is -5.08. The summed E-state index contributed by atoms with van der Waals surface area (Å²) in [4.78, 5) is 26.1. The monoisotopic (exact) mass is 517 g/mol. The maximum Gasteiger partial charge on any atom is 0.490 e. The van der Waals surface area contributed by atoms with Gasteiger partial charge in [-0.2, -0.15) is 13.2 Å². The SMILES string of the molecule is CC1CN(Cc2ccccc2)CCN1c1ccc(NC(=O)c2ccc(F)cc2)cc1.O=C(O)C(F)(F)F. The van der Waals surface area contributed by atoms with Gasteiger partial charge in [0.1, 0.15) is 5.82 Å². The number of nitrogens with zero attached hydrogens (tertiary/aromatic N) is 2. The Morgan fingerprint density at radius 1 is 0.946 bits per heavy atom. The van der Waals surface area contributed by atoms with Crippen LogP contribution in [0.15, 0.2) is 78.9 Å². The van der Waals surface area contributed by atoms with Gasteiger partial charge in [0.15, 0.2) is 0 Å². The number of anilines is 2. The molecule has 37 heavy (non-hydrogen) atoms. The second kappa shape index (κ2) is 12.4. The van der Waals surface area contributed by atoms with Gasteiger partial charge in [-0.05, 0) is 61.0 Å². The maximum atomic E-state index is 13.0. The molecule has 1 aliphatic heterocycles. The summed E-state index contributed by atoms with van der Waals surface area (Å²) < 4.78 is 44.8. The molecule has 0 spiro atoms. The standard InChI is InChI=1S/C25H26FN3O.C2HF3O2/c1-19-17-28(18-20-5-3-2-4-6-20)15-16-29(19)24-13-11-23(12-14-24)27-25(30)21-7-9-22(26)10-8-21;3-2(4,5)1(6)7/h2-14,19H,15-18H2,1H3,(H,27,30);(H,6,7). The molecule has 2 N–H and O–H groups in total. The van der Waals surface area contributed by atoms with Crippen molar-refractivity contribution < 1.29 is 32.3 Å². The fourth-order valence-corrected chi connectivity index (χ4v) is 3.94. The molecule has 3 aromatic rings. The summed E-state index contributed by atoms with van der Waals surface area (Å²) in [5, 5.41) is 9.99. The second-order valence-electron chi connectivity index (χ2n) is 8.57. The first kappa shape index (κ1) is 27.7. The topological polar surface area (TPSA) is 72.9 Å². The number of carbonyl (C=O) groups is 2. The van der Waals surface area contributed by atoms with E-state index in [0.717, 1.165) is 37.6 Å². The zero-order valence-corrected chi connectivity index (χ0v) is 20.1. The van der Waals surface area contributed by atoms with Crippen LogP contribution in [0.1, 0.15) is 22.8 Å². The minimum absolute atomic E-state index is 0.245. The van der Waals surface area contributed by atoms with Gasteiger partial charge in [0.2, 0.25) is 0 Å². The summed E-state index contributed by atoms with van der Waals surface area (Å²) in [6.45, 7) is 6.23. The van der Waals surface area contributed by atoms with Crippen molar-refractivity contribution in [2.75, 3.05) is 29.9 Å². The molecular formula is C27H27F4N3O3. The molecule has 4 rings (SSSR count). The first-order valence-corrected chi connectivity index (χ1v) is 11.5. The van der Waals surface area contributed by atoms with E-state index in [1.165, 1.54) is 29.8 Å². The average Bonchev–Trinajstić information content (AvgIpc) is 2.86. The lowest BCUT2D eigenvalue weighted by molar-refractivity contribution is -0.192. The van der Waals surface area contributed by atoms with E-state index >= 15 is 0 Å². The Morgan fingerprint density at radius 2 is 1.54 bits per heavy atom. The molecule has 0 aliphatic carbocycles. The van der Waals surface area contributed by atoms with Crippen LogP contribution in [0.5, 0.6) is 0 Å². The number of amides is 1. The zero-order chi connectivity index (χ0) is 27.0. The molecular weight excluding hydrogens is 490 g/mol. The van der Waals surface area contributed by atoms with E-state index < -0.39 is 12.1 Å². The Balaban J connectivity index is 0.000000479. The summed E-state index contributed by atoms with van der Waals surface area (Å²) in [5.41, 5.74) is 3.66. The fraction of sp³-hybridized carbons (Fsp3) is 0.259. The highest BCUT2D eigenvalue weighted by molar-refractivity contribution is 6.04. The van der Waals surface area contributed by atoms with Crippen LogP contribution in [-0.2, 0) is 11.3 Å². The summed E-state index contributed by atoms with van der Waals surface area (Å²) in [5.74, 6) is -3.35. The van der Waals surface area contributed by atoms with Crippen molar-refractivity contribution in [1.82, 2.24) is 4.90 Å². The van der Waals surface area contributed by atoms with Crippen LogP contribution < -0.4 is 10.2 Å². The minimum atomic E-state index is -5.08. The molecule has 6 nitrogen and oxygen atoms in total. The molecule has 0 aromatic heterocycles. The Labute approximate surface area is 212 Å². The largest absolute Gasteiger partial charge is 0.490 e. The predicted octanol–water partition coefficient (Wildman–Crippen LogP) is 5.42. The van der Waals surface area contributed by atoms with Crippen molar-refractivity contribution >= 4 is 23.3 Å². The van der Waals surface area contributed by atoms with Gasteiger partial charge >= 0.3 is 12.1 Å². The van der Waals surface area contributed by atoms with Gasteiger partial charge in [0.05, 0.1) is 0 Å². The van der Waals surface area contributed by atoms with Crippen molar-refractivity contribution in [1.29, 1.82) is 0 Å². The van der Waals surface area contributed by atoms with Crippen LogP contribution in [0.4, 0.5) is 28.9 Å². The lowest BCUT2D eigenvalue weighted by atomic mass is 10.1. The van der Waals surface area contributed by atoms with Crippen molar-refractivity contribution in [2.45, 2.75) is 25.7 Å². The van der Waals surface area contributed by atoms with E-state index in [4.69, 9.17) is 9.90 Å². The van der Waals surface area contributed by atoms with Gasteiger partial charge in [-0.15, -0.1) is 0 Å². The molecule has 1 saturated heterocycles. The molecule has 1 unspecified atom stereocenters. The smallest absolute Gasteiger partial charge is 0.475 e. The van der Waals surface area contributed by atoms with Crippen LogP contribution >= 0.6 is 0 Å². The third-order valence-corrected chi connectivity index (χ3v) is 5.77. The van der Waals surface area contributed by atoms with Gasteiger partial charge in [0.25, 0.3) is 5.91 Å². The number of benzene rings is 3. The van der Waals surface area contributed by atoms with Crippen molar-refractivity contribution in [3.63, 3.8) is 0 Å². The Morgan fingerprint density at radius 3 is 2.08 bits per heavy atom. The summed E-state index contributed by atoms with van der Waals surface area (Å²) in [6, 6.07) is 24.5. The van der Waals surface area contributed by atoms with E-state index in [-0.39, 0.29) is 11.7 Å². The summed E-state index contributed by atoms with van der Waals surface area (Å²) >= 11 is 0. The van der Waals surface area contributed by atoms with Crippen molar-refractivity contribution in [2.24, 2.45) is 0 Å². The first-order valence-electron chi connectivity index (χ1n) is 11.5. The van der Waals surface area contributed by atoms with Crippen LogP contribution in [-0.4, -0.2) is 53.7 Å². The Hall–Kier alpha value is -3.92. The van der Waals surface area contributed by atoms with Crippen LogP contribution in [0.3, 0.4) is 0 Å². The molecule has 10 heteroatoms. The van der Waals surface area contributed by atoms with Crippen LogP contribution in [0, 0.1) is 5.82 Å². The predicted molar refractivity (Wildman–Crippen MR) is 133 cm³/mol. The quantitative estimate of drug-likeness (QED) is 0.442. The molecule has 1 heterocycles. The van der Waals surface area contributed by atoms with Gasteiger partial charge in [-0.1, -0.05) is 30.3 Å². The minimum Gasteiger partial charge on any atom is -0.475 e. The highest BCUT2D eigenvalue weighted by atomic mass is 19.4. The fourth-order valence-electron chi connectivity index (χ4n) is 3.94. The molecule has 1 atom stereocenters. The van der Waals surface area contributed by atoms with E-state index in [9.17, 15) is 22.4 Å². The number of rotatable bonds is 5.